The summed E-state index contributed by atoms with van der Waals surface area (Å²) in [6.07, 6.45) is 0.848. The van der Waals surface area contributed by atoms with Gasteiger partial charge in [0.15, 0.2) is 5.82 Å². The summed E-state index contributed by atoms with van der Waals surface area (Å²) in [6, 6.07) is 6.11. The van der Waals surface area contributed by atoms with E-state index in [4.69, 9.17) is 4.52 Å². The number of benzene rings is 1. The van der Waals surface area contributed by atoms with Crippen molar-refractivity contribution in [2.75, 3.05) is 5.32 Å². The number of nitrogens with zero attached hydrogens (tertiary/aromatic N) is 2. The van der Waals surface area contributed by atoms with Gasteiger partial charge in [-0.25, -0.2) is 0 Å². The molecule has 0 atom stereocenters. The van der Waals surface area contributed by atoms with Crippen molar-refractivity contribution in [3.8, 4) is 0 Å². The lowest BCUT2D eigenvalue weighted by Gasteiger charge is -2.07. The predicted molar refractivity (Wildman–Crippen MR) is 79.0 cm³/mol. The first-order chi connectivity index (χ1) is 9.04. The van der Waals surface area contributed by atoms with Gasteiger partial charge in [-0.2, -0.15) is 4.98 Å². The van der Waals surface area contributed by atoms with Crippen LogP contribution in [0, 0.1) is 12.8 Å². The fourth-order valence-electron chi connectivity index (χ4n) is 1.81. The van der Waals surface area contributed by atoms with Gasteiger partial charge >= 0.3 is 0 Å². The first kappa shape index (κ1) is 14.1. The molecule has 2 rings (SSSR count). The number of rotatable bonds is 5. The van der Waals surface area contributed by atoms with E-state index in [1.54, 1.807) is 0 Å². The highest BCUT2D eigenvalue weighted by Gasteiger charge is 2.08. The number of aryl methyl sites for hydroxylation is 1. The molecule has 0 saturated heterocycles. The maximum atomic E-state index is 5.22. The van der Waals surface area contributed by atoms with E-state index in [2.05, 4.69) is 58.2 Å². The zero-order valence-corrected chi connectivity index (χ0v) is 13.0. The third-order valence-electron chi connectivity index (χ3n) is 2.72. The topological polar surface area (TPSA) is 51.0 Å². The SMILES string of the molecule is Cc1cc(Br)ccc1NCc1nc(CC(C)C)no1. The molecule has 0 bridgehead atoms. The van der Waals surface area contributed by atoms with E-state index in [1.807, 2.05) is 12.1 Å². The van der Waals surface area contributed by atoms with Gasteiger partial charge in [-0.15, -0.1) is 0 Å². The average molecular weight is 324 g/mol. The summed E-state index contributed by atoms with van der Waals surface area (Å²) < 4.78 is 6.29. The molecule has 0 saturated carbocycles. The summed E-state index contributed by atoms with van der Waals surface area (Å²) in [7, 11) is 0. The Morgan fingerprint density at radius 3 is 2.84 bits per heavy atom. The molecule has 2 aromatic rings. The van der Waals surface area contributed by atoms with Crippen LogP contribution in [0.5, 0.6) is 0 Å². The number of aromatic nitrogens is 2. The molecule has 0 aliphatic carbocycles. The van der Waals surface area contributed by atoms with Crippen LogP contribution in [-0.2, 0) is 13.0 Å². The molecule has 19 heavy (non-hydrogen) atoms. The van der Waals surface area contributed by atoms with Gasteiger partial charge in [0.1, 0.15) is 0 Å². The number of hydrogen-bond acceptors (Lipinski definition) is 4. The van der Waals surface area contributed by atoms with Gasteiger partial charge in [0.05, 0.1) is 6.54 Å². The van der Waals surface area contributed by atoms with E-state index in [0.717, 1.165) is 22.4 Å². The predicted octanol–water partition coefficient (Wildman–Crippen LogP) is 3.95. The van der Waals surface area contributed by atoms with E-state index in [9.17, 15) is 0 Å². The molecule has 1 heterocycles. The summed E-state index contributed by atoms with van der Waals surface area (Å²) in [5, 5.41) is 7.28. The van der Waals surface area contributed by atoms with E-state index >= 15 is 0 Å². The molecule has 1 aromatic heterocycles. The smallest absolute Gasteiger partial charge is 0.245 e. The van der Waals surface area contributed by atoms with Gasteiger partial charge in [-0.05, 0) is 36.6 Å². The second-order valence-electron chi connectivity index (χ2n) is 5.02. The summed E-state index contributed by atoms with van der Waals surface area (Å²) in [6.45, 7) is 6.89. The van der Waals surface area contributed by atoms with Crippen molar-refractivity contribution in [1.29, 1.82) is 0 Å². The number of halogens is 1. The highest BCUT2D eigenvalue weighted by atomic mass is 79.9. The third-order valence-corrected chi connectivity index (χ3v) is 3.21. The van der Waals surface area contributed by atoms with Crippen LogP contribution < -0.4 is 5.32 Å². The quantitative estimate of drug-likeness (QED) is 0.905. The normalized spacial score (nSPS) is 11.0. The van der Waals surface area contributed by atoms with Crippen molar-refractivity contribution in [2.45, 2.75) is 33.7 Å². The zero-order chi connectivity index (χ0) is 13.8. The van der Waals surface area contributed by atoms with Crippen LogP contribution >= 0.6 is 15.9 Å². The summed E-state index contributed by atoms with van der Waals surface area (Å²) in [4.78, 5) is 4.36. The summed E-state index contributed by atoms with van der Waals surface area (Å²) in [5.41, 5.74) is 2.25. The van der Waals surface area contributed by atoms with Crippen molar-refractivity contribution >= 4 is 21.6 Å². The molecule has 0 aliphatic rings. The minimum atomic E-state index is 0.534. The molecule has 1 N–H and O–H groups in total. The first-order valence-corrected chi connectivity index (χ1v) is 7.15. The summed E-state index contributed by atoms with van der Waals surface area (Å²) >= 11 is 3.45. The monoisotopic (exact) mass is 323 g/mol. The molecule has 0 unspecified atom stereocenters. The second-order valence-corrected chi connectivity index (χ2v) is 5.93. The highest BCUT2D eigenvalue weighted by Crippen LogP contribution is 2.20. The lowest BCUT2D eigenvalue weighted by atomic mass is 10.1. The fraction of sp³-hybridized carbons (Fsp3) is 0.429. The van der Waals surface area contributed by atoms with Gasteiger partial charge in [0.25, 0.3) is 0 Å². The molecule has 0 radical (unpaired) electrons. The molecular weight excluding hydrogens is 306 g/mol. The maximum absolute atomic E-state index is 5.22. The Labute approximate surface area is 121 Å². The van der Waals surface area contributed by atoms with Crippen molar-refractivity contribution in [1.82, 2.24) is 10.1 Å². The Morgan fingerprint density at radius 1 is 1.37 bits per heavy atom. The van der Waals surface area contributed by atoms with Crippen LogP contribution in [0.1, 0.15) is 31.1 Å². The standard InChI is InChI=1S/C14H18BrN3O/c1-9(2)6-13-17-14(19-18-13)8-16-12-5-4-11(15)7-10(12)3/h4-5,7,9,16H,6,8H2,1-3H3. The van der Waals surface area contributed by atoms with Crippen LogP contribution in [0.15, 0.2) is 27.2 Å². The molecule has 5 heteroatoms. The molecule has 0 spiro atoms. The van der Waals surface area contributed by atoms with E-state index in [1.165, 1.54) is 5.56 Å². The first-order valence-electron chi connectivity index (χ1n) is 6.36. The maximum Gasteiger partial charge on any atom is 0.245 e. The molecular formula is C14H18BrN3O. The fourth-order valence-corrected chi connectivity index (χ4v) is 2.28. The van der Waals surface area contributed by atoms with Crippen LogP contribution in [0.25, 0.3) is 0 Å². The number of hydrogen-bond donors (Lipinski definition) is 1. The molecule has 0 fully saturated rings. The van der Waals surface area contributed by atoms with Crippen molar-refractivity contribution in [3.05, 3.63) is 40.0 Å². The Bertz CT molecular complexity index is 551. The number of anilines is 1. The second kappa shape index (κ2) is 6.19. The average Bonchev–Trinajstić information content (AvgIpc) is 2.74. The number of nitrogens with one attached hydrogen (secondary N) is 1. The van der Waals surface area contributed by atoms with Crippen molar-refractivity contribution in [3.63, 3.8) is 0 Å². The van der Waals surface area contributed by atoms with Crippen LogP contribution in [-0.4, -0.2) is 10.1 Å². The van der Waals surface area contributed by atoms with Gasteiger partial charge < -0.3 is 9.84 Å². The van der Waals surface area contributed by atoms with Gasteiger partial charge in [0, 0.05) is 16.6 Å². The van der Waals surface area contributed by atoms with Gasteiger partial charge in [0.2, 0.25) is 5.89 Å². The third kappa shape index (κ3) is 4.06. The zero-order valence-electron chi connectivity index (χ0n) is 11.4. The molecule has 102 valence electrons. The Kier molecular flexibility index (Phi) is 4.58. The van der Waals surface area contributed by atoms with Crippen LogP contribution in [0.3, 0.4) is 0 Å². The van der Waals surface area contributed by atoms with Crippen molar-refractivity contribution in [2.24, 2.45) is 5.92 Å². The molecule has 0 amide bonds. The van der Waals surface area contributed by atoms with Crippen molar-refractivity contribution < 1.29 is 4.52 Å². The lowest BCUT2D eigenvalue weighted by Crippen LogP contribution is -2.02. The van der Waals surface area contributed by atoms with E-state index in [0.29, 0.717) is 18.4 Å². The van der Waals surface area contributed by atoms with E-state index < -0.39 is 0 Å². The molecule has 4 nitrogen and oxygen atoms in total. The molecule has 1 aromatic carbocycles. The Morgan fingerprint density at radius 2 is 2.16 bits per heavy atom. The highest BCUT2D eigenvalue weighted by molar-refractivity contribution is 9.10. The largest absolute Gasteiger partial charge is 0.376 e. The molecule has 0 aliphatic heterocycles. The van der Waals surface area contributed by atoms with Crippen LogP contribution in [0.2, 0.25) is 0 Å². The Balaban J connectivity index is 1.96. The Hall–Kier alpha value is -1.36. The lowest BCUT2D eigenvalue weighted by molar-refractivity contribution is 0.375. The minimum absolute atomic E-state index is 0.534. The van der Waals surface area contributed by atoms with Gasteiger partial charge in [-0.1, -0.05) is 34.9 Å². The van der Waals surface area contributed by atoms with E-state index in [-0.39, 0.29) is 0 Å². The minimum Gasteiger partial charge on any atom is -0.376 e. The summed E-state index contributed by atoms with van der Waals surface area (Å²) in [5.74, 6) is 1.93. The van der Waals surface area contributed by atoms with Crippen LogP contribution in [0.4, 0.5) is 5.69 Å². The van der Waals surface area contributed by atoms with Gasteiger partial charge in [-0.3, -0.25) is 0 Å².